The second-order valence-corrected chi connectivity index (χ2v) is 8.83. The Kier molecular flexibility index (Phi) is 5.97. The van der Waals surface area contributed by atoms with Gasteiger partial charge in [-0.2, -0.15) is 0 Å². The summed E-state index contributed by atoms with van der Waals surface area (Å²) in [5, 5.41) is 0. The maximum absolute atomic E-state index is 12.4. The zero-order chi connectivity index (χ0) is 17.0. The van der Waals surface area contributed by atoms with E-state index in [1.165, 1.54) is 4.88 Å². The Morgan fingerprint density at radius 3 is 2.26 bits per heavy atom. The topological polar surface area (TPSA) is 55.4 Å². The summed E-state index contributed by atoms with van der Waals surface area (Å²) in [5.74, 6) is 0.375. The van der Waals surface area contributed by atoms with Crippen LogP contribution in [0.2, 0.25) is 0 Å². The summed E-state index contributed by atoms with van der Waals surface area (Å²) < 4.78 is 32.9. The lowest BCUT2D eigenvalue weighted by Gasteiger charge is -2.15. The van der Waals surface area contributed by atoms with Crippen LogP contribution in [-0.2, 0) is 14.8 Å². The van der Waals surface area contributed by atoms with E-state index in [1.54, 1.807) is 30.6 Å². The number of benzene rings is 1. The number of thiophene rings is 1. The maximum atomic E-state index is 12.4. The molecule has 0 bridgehead atoms. The second-order valence-electron chi connectivity index (χ2n) is 5.75. The van der Waals surface area contributed by atoms with Crippen molar-refractivity contribution in [1.82, 2.24) is 4.72 Å². The van der Waals surface area contributed by atoms with Crippen LogP contribution < -0.4 is 4.72 Å². The maximum Gasteiger partial charge on any atom is 0.240 e. The summed E-state index contributed by atoms with van der Waals surface area (Å²) in [6, 6.07) is 11.0. The third kappa shape index (κ3) is 4.64. The lowest BCUT2D eigenvalue weighted by molar-refractivity contribution is 0.110. The molecule has 23 heavy (non-hydrogen) atoms. The van der Waals surface area contributed by atoms with E-state index in [-0.39, 0.29) is 17.5 Å². The molecule has 0 radical (unpaired) electrons. The lowest BCUT2D eigenvalue weighted by Crippen LogP contribution is -2.29. The van der Waals surface area contributed by atoms with Crippen molar-refractivity contribution < 1.29 is 13.2 Å². The minimum absolute atomic E-state index is 0.213. The molecule has 0 saturated carbocycles. The van der Waals surface area contributed by atoms with Gasteiger partial charge in [-0.05, 0) is 42.7 Å². The van der Waals surface area contributed by atoms with E-state index in [2.05, 4.69) is 18.6 Å². The molecular formula is C17H23NO3S2. The molecule has 0 aliphatic carbocycles. The van der Waals surface area contributed by atoms with Gasteiger partial charge in [-0.3, -0.25) is 0 Å². The quantitative estimate of drug-likeness (QED) is 0.823. The number of hydrogen-bond donors (Lipinski definition) is 1. The van der Waals surface area contributed by atoms with E-state index < -0.39 is 10.0 Å². The molecule has 1 aromatic heterocycles. The molecule has 0 saturated heterocycles. The number of methoxy groups -OCH3 is 1. The normalized spacial score (nSPS) is 13.4. The Bertz CT molecular complexity index is 733. The summed E-state index contributed by atoms with van der Waals surface area (Å²) >= 11 is 1.61. The van der Waals surface area contributed by atoms with Gasteiger partial charge in [-0.1, -0.05) is 26.0 Å². The highest BCUT2D eigenvalue weighted by molar-refractivity contribution is 7.89. The van der Waals surface area contributed by atoms with Gasteiger partial charge in [0.25, 0.3) is 0 Å². The highest BCUT2D eigenvalue weighted by Gasteiger charge is 2.19. The first kappa shape index (κ1) is 18.1. The van der Waals surface area contributed by atoms with Crippen molar-refractivity contribution in [2.24, 2.45) is 0 Å². The standard InChI is InChI=1S/C17H23NO3S2/c1-12(2)14-6-8-15(9-7-14)23(19,20)18-11-16(21-4)17-10-5-13(3)22-17/h5-10,12,16,18H,11H2,1-4H3. The number of nitrogens with one attached hydrogen (secondary N) is 1. The number of ether oxygens (including phenoxy) is 1. The van der Waals surface area contributed by atoms with Crippen LogP contribution in [-0.4, -0.2) is 22.1 Å². The molecule has 126 valence electrons. The Labute approximate surface area is 142 Å². The molecule has 1 unspecified atom stereocenters. The predicted molar refractivity (Wildman–Crippen MR) is 94.5 cm³/mol. The van der Waals surface area contributed by atoms with Crippen molar-refractivity contribution in [1.29, 1.82) is 0 Å². The van der Waals surface area contributed by atoms with Crippen LogP contribution in [0.15, 0.2) is 41.3 Å². The van der Waals surface area contributed by atoms with Crippen LogP contribution in [0, 0.1) is 6.92 Å². The van der Waals surface area contributed by atoms with Crippen molar-refractivity contribution in [3.8, 4) is 0 Å². The molecule has 1 N–H and O–H groups in total. The Morgan fingerprint density at radius 1 is 1.13 bits per heavy atom. The Morgan fingerprint density at radius 2 is 1.78 bits per heavy atom. The first-order valence-electron chi connectivity index (χ1n) is 7.52. The number of hydrogen-bond acceptors (Lipinski definition) is 4. The van der Waals surface area contributed by atoms with Crippen molar-refractivity contribution in [3.63, 3.8) is 0 Å². The largest absolute Gasteiger partial charge is 0.375 e. The lowest BCUT2D eigenvalue weighted by atomic mass is 10.0. The molecule has 1 atom stereocenters. The molecule has 0 amide bonds. The fourth-order valence-corrected chi connectivity index (χ4v) is 4.21. The molecule has 0 aliphatic rings. The van der Waals surface area contributed by atoms with Crippen LogP contribution in [0.25, 0.3) is 0 Å². The average Bonchev–Trinajstić information content (AvgIpc) is 2.94. The van der Waals surface area contributed by atoms with E-state index in [4.69, 9.17) is 4.74 Å². The monoisotopic (exact) mass is 353 g/mol. The van der Waals surface area contributed by atoms with E-state index >= 15 is 0 Å². The Hall–Kier alpha value is -1.21. The summed E-state index contributed by atoms with van der Waals surface area (Å²) in [4.78, 5) is 2.47. The van der Waals surface area contributed by atoms with Gasteiger partial charge in [0.05, 0.1) is 4.90 Å². The minimum Gasteiger partial charge on any atom is -0.375 e. The molecule has 2 rings (SSSR count). The van der Waals surface area contributed by atoms with Gasteiger partial charge in [0, 0.05) is 23.4 Å². The molecule has 2 aromatic rings. The van der Waals surface area contributed by atoms with Gasteiger partial charge in [-0.15, -0.1) is 11.3 Å². The van der Waals surface area contributed by atoms with Crippen LogP contribution in [0.4, 0.5) is 0 Å². The van der Waals surface area contributed by atoms with Crippen molar-refractivity contribution in [2.75, 3.05) is 13.7 Å². The van der Waals surface area contributed by atoms with E-state index in [0.29, 0.717) is 5.92 Å². The third-order valence-corrected chi connectivity index (χ3v) is 6.21. The summed E-state index contributed by atoms with van der Waals surface area (Å²) in [7, 11) is -1.95. The first-order chi connectivity index (χ1) is 10.8. The fourth-order valence-electron chi connectivity index (χ4n) is 2.23. The first-order valence-corrected chi connectivity index (χ1v) is 9.82. The second kappa shape index (κ2) is 7.57. The van der Waals surface area contributed by atoms with Gasteiger partial charge in [0.1, 0.15) is 6.10 Å². The SMILES string of the molecule is COC(CNS(=O)(=O)c1ccc(C(C)C)cc1)c1ccc(C)s1. The van der Waals surface area contributed by atoms with E-state index in [9.17, 15) is 8.42 Å². The van der Waals surface area contributed by atoms with Gasteiger partial charge in [-0.25, -0.2) is 13.1 Å². The molecule has 0 fully saturated rings. The molecule has 1 heterocycles. The van der Waals surface area contributed by atoms with Crippen LogP contribution in [0.3, 0.4) is 0 Å². The van der Waals surface area contributed by atoms with Crippen LogP contribution in [0.5, 0.6) is 0 Å². The summed E-state index contributed by atoms with van der Waals surface area (Å²) in [5.41, 5.74) is 1.12. The molecule has 0 spiro atoms. The molecular weight excluding hydrogens is 330 g/mol. The van der Waals surface area contributed by atoms with Gasteiger partial charge >= 0.3 is 0 Å². The van der Waals surface area contributed by atoms with E-state index in [1.807, 2.05) is 31.2 Å². The average molecular weight is 354 g/mol. The Balaban J connectivity index is 2.08. The van der Waals surface area contributed by atoms with Gasteiger partial charge < -0.3 is 4.74 Å². The van der Waals surface area contributed by atoms with Gasteiger partial charge in [0.2, 0.25) is 10.0 Å². The number of sulfonamides is 1. The molecule has 0 aliphatic heterocycles. The number of rotatable bonds is 7. The van der Waals surface area contributed by atoms with Crippen LogP contribution in [0.1, 0.15) is 41.2 Å². The molecule has 4 nitrogen and oxygen atoms in total. The molecule has 6 heteroatoms. The summed E-state index contributed by atoms with van der Waals surface area (Å²) in [6.07, 6.45) is -0.279. The predicted octanol–water partition coefficient (Wildman–Crippen LogP) is 3.85. The van der Waals surface area contributed by atoms with Gasteiger partial charge in [0.15, 0.2) is 0 Å². The zero-order valence-corrected chi connectivity index (χ0v) is 15.5. The van der Waals surface area contributed by atoms with Crippen LogP contribution >= 0.6 is 11.3 Å². The van der Waals surface area contributed by atoms with E-state index in [0.717, 1.165) is 10.4 Å². The summed E-state index contributed by atoms with van der Waals surface area (Å²) in [6.45, 7) is 6.38. The third-order valence-electron chi connectivity index (χ3n) is 3.68. The van der Waals surface area contributed by atoms with Crippen molar-refractivity contribution >= 4 is 21.4 Å². The van der Waals surface area contributed by atoms with Crippen molar-refractivity contribution in [3.05, 3.63) is 51.7 Å². The zero-order valence-electron chi connectivity index (χ0n) is 13.9. The van der Waals surface area contributed by atoms with Crippen molar-refractivity contribution in [2.45, 2.75) is 37.7 Å². The fraction of sp³-hybridized carbons (Fsp3) is 0.412. The smallest absolute Gasteiger partial charge is 0.240 e. The molecule has 1 aromatic carbocycles. The highest BCUT2D eigenvalue weighted by Crippen LogP contribution is 2.25. The number of aryl methyl sites for hydroxylation is 1. The minimum atomic E-state index is -3.53. The highest BCUT2D eigenvalue weighted by atomic mass is 32.2.